The lowest BCUT2D eigenvalue weighted by Gasteiger charge is -2.25. The van der Waals surface area contributed by atoms with Crippen LogP contribution in [0.2, 0.25) is 0 Å². The van der Waals surface area contributed by atoms with E-state index in [1.807, 2.05) is 0 Å². The van der Waals surface area contributed by atoms with Crippen molar-refractivity contribution in [1.29, 1.82) is 5.26 Å². The van der Waals surface area contributed by atoms with Crippen LogP contribution < -0.4 is 5.73 Å². The van der Waals surface area contributed by atoms with Gasteiger partial charge in [0.05, 0.1) is 0 Å². The van der Waals surface area contributed by atoms with E-state index in [0.717, 1.165) is 0 Å². The highest BCUT2D eigenvalue weighted by Crippen LogP contribution is 2.46. The summed E-state index contributed by atoms with van der Waals surface area (Å²) in [5.41, 5.74) is 4.18. The molecular formula is C9H13N4O3PS. The van der Waals surface area contributed by atoms with Gasteiger partial charge in [-0.3, -0.25) is 4.79 Å². The minimum Gasteiger partial charge on any atom is -0.364 e. The van der Waals surface area contributed by atoms with Gasteiger partial charge in [0.25, 0.3) is 5.91 Å². The molecule has 0 radical (unpaired) electrons. The second kappa shape index (κ2) is 7.74. The van der Waals surface area contributed by atoms with Crippen molar-refractivity contribution < 1.29 is 14.3 Å². The van der Waals surface area contributed by atoms with Gasteiger partial charge in [-0.15, -0.1) is 13.2 Å². The van der Waals surface area contributed by atoms with Crippen LogP contribution in [0.4, 0.5) is 0 Å². The van der Waals surface area contributed by atoms with Crippen LogP contribution in [-0.2, 0) is 21.2 Å². The molecule has 0 aromatic heterocycles. The zero-order valence-electron chi connectivity index (χ0n) is 9.52. The fraction of sp³-hybridized carbons (Fsp3) is 0.222. The molecule has 1 unspecified atom stereocenters. The SMILES string of the molecule is C=CCN(CC=C)P(O)(=S)ON=C(C#N)C(N)=O. The van der Waals surface area contributed by atoms with Crippen LogP contribution >= 0.6 is 6.64 Å². The second-order valence-corrected chi connectivity index (χ2v) is 6.07. The molecule has 0 spiro atoms. The summed E-state index contributed by atoms with van der Waals surface area (Å²) < 4.78 is 6.04. The van der Waals surface area contributed by atoms with E-state index in [9.17, 15) is 9.69 Å². The van der Waals surface area contributed by atoms with Crippen LogP contribution in [-0.4, -0.2) is 34.3 Å². The quantitative estimate of drug-likeness (QED) is 0.287. The maximum atomic E-state index is 10.7. The van der Waals surface area contributed by atoms with Gasteiger partial charge in [-0.05, 0) is 11.8 Å². The van der Waals surface area contributed by atoms with Gasteiger partial charge < -0.3 is 15.3 Å². The van der Waals surface area contributed by atoms with Crippen LogP contribution in [0.25, 0.3) is 0 Å². The number of nitriles is 1. The van der Waals surface area contributed by atoms with Gasteiger partial charge in [-0.1, -0.05) is 17.3 Å². The highest BCUT2D eigenvalue weighted by Gasteiger charge is 2.24. The molecule has 98 valence electrons. The third-order valence-electron chi connectivity index (χ3n) is 1.61. The van der Waals surface area contributed by atoms with E-state index >= 15 is 0 Å². The second-order valence-electron chi connectivity index (χ2n) is 2.94. The van der Waals surface area contributed by atoms with Crippen molar-refractivity contribution in [2.75, 3.05) is 13.1 Å². The van der Waals surface area contributed by atoms with Gasteiger partial charge >= 0.3 is 6.64 Å². The van der Waals surface area contributed by atoms with Crippen molar-refractivity contribution in [3.8, 4) is 6.07 Å². The predicted octanol–water partition coefficient (Wildman–Crippen LogP) is 0.259. The predicted molar refractivity (Wildman–Crippen MR) is 71.8 cm³/mol. The van der Waals surface area contributed by atoms with E-state index in [-0.39, 0.29) is 13.1 Å². The minimum absolute atomic E-state index is 0.244. The Bertz CT molecular complexity index is 447. The third-order valence-corrected chi connectivity index (χ3v) is 3.84. The lowest BCUT2D eigenvalue weighted by molar-refractivity contribution is -0.111. The number of hydrogen-bond acceptors (Lipinski definition) is 5. The van der Waals surface area contributed by atoms with Gasteiger partial charge in [0.2, 0.25) is 5.71 Å². The van der Waals surface area contributed by atoms with Crippen molar-refractivity contribution >= 4 is 30.1 Å². The molecule has 1 atom stereocenters. The molecule has 7 nitrogen and oxygen atoms in total. The van der Waals surface area contributed by atoms with Gasteiger partial charge in [0, 0.05) is 13.1 Å². The molecule has 0 aliphatic carbocycles. The van der Waals surface area contributed by atoms with Crippen LogP contribution in [0.15, 0.2) is 30.5 Å². The maximum Gasteiger partial charge on any atom is 0.337 e. The number of amides is 1. The van der Waals surface area contributed by atoms with Gasteiger partial charge in [0.15, 0.2) is 0 Å². The number of nitrogens with two attached hydrogens (primary N) is 1. The Morgan fingerprint density at radius 3 is 2.44 bits per heavy atom. The largest absolute Gasteiger partial charge is 0.364 e. The molecule has 0 heterocycles. The number of carbonyl (C=O) groups is 1. The molecule has 0 aromatic rings. The van der Waals surface area contributed by atoms with Gasteiger partial charge in [-0.2, -0.15) is 5.26 Å². The van der Waals surface area contributed by atoms with Crippen molar-refractivity contribution in [3.05, 3.63) is 25.3 Å². The van der Waals surface area contributed by atoms with Crippen LogP contribution in [0.3, 0.4) is 0 Å². The van der Waals surface area contributed by atoms with Crippen molar-refractivity contribution in [2.45, 2.75) is 0 Å². The molecule has 0 aliphatic rings. The number of rotatable bonds is 8. The minimum atomic E-state index is -3.46. The summed E-state index contributed by atoms with van der Waals surface area (Å²) in [7, 11) is 0. The Kier molecular flexibility index (Phi) is 7.08. The van der Waals surface area contributed by atoms with E-state index in [4.69, 9.17) is 22.8 Å². The Labute approximate surface area is 110 Å². The summed E-state index contributed by atoms with van der Waals surface area (Å²) in [6.07, 6.45) is 3.01. The van der Waals surface area contributed by atoms with E-state index in [1.54, 1.807) is 0 Å². The van der Waals surface area contributed by atoms with Crippen molar-refractivity contribution in [1.82, 2.24) is 4.67 Å². The molecule has 0 aliphatic heterocycles. The van der Waals surface area contributed by atoms with Gasteiger partial charge in [0.1, 0.15) is 6.07 Å². The van der Waals surface area contributed by atoms with E-state index < -0.39 is 18.3 Å². The number of oxime groups is 1. The van der Waals surface area contributed by atoms with E-state index in [1.165, 1.54) is 22.9 Å². The highest BCUT2D eigenvalue weighted by atomic mass is 32.5. The average molecular weight is 288 g/mol. The topological polar surface area (TPSA) is 112 Å². The molecule has 0 bridgehead atoms. The summed E-state index contributed by atoms with van der Waals surface area (Å²) >= 11 is 4.85. The summed E-state index contributed by atoms with van der Waals surface area (Å²) in [6.45, 7) is 4.03. The normalized spacial score (nSPS) is 14.4. The lowest BCUT2D eigenvalue weighted by Crippen LogP contribution is -2.24. The van der Waals surface area contributed by atoms with Crippen LogP contribution in [0, 0.1) is 11.3 Å². The first-order chi connectivity index (χ1) is 8.38. The van der Waals surface area contributed by atoms with Crippen LogP contribution in [0.1, 0.15) is 0 Å². The van der Waals surface area contributed by atoms with Gasteiger partial charge in [-0.25, -0.2) is 4.67 Å². The zero-order chi connectivity index (χ0) is 14.2. The Hall–Kier alpha value is -1.52. The fourth-order valence-electron chi connectivity index (χ4n) is 0.845. The number of hydrogen-bond donors (Lipinski definition) is 2. The first-order valence-electron chi connectivity index (χ1n) is 4.65. The molecule has 0 saturated heterocycles. The summed E-state index contributed by atoms with van der Waals surface area (Å²) in [4.78, 5) is 20.6. The Balaban J connectivity index is 4.97. The molecule has 0 fully saturated rings. The zero-order valence-corrected chi connectivity index (χ0v) is 11.2. The van der Waals surface area contributed by atoms with E-state index in [2.05, 4.69) is 22.9 Å². The van der Waals surface area contributed by atoms with E-state index in [0.29, 0.717) is 0 Å². The molecule has 1 amide bonds. The molecule has 0 saturated carbocycles. The monoisotopic (exact) mass is 288 g/mol. The molecule has 9 heteroatoms. The molecule has 0 rings (SSSR count). The molecular weight excluding hydrogens is 275 g/mol. The summed E-state index contributed by atoms with van der Waals surface area (Å²) in [5, 5.41) is 11.7. The smallest absolute Gasteiger partial charge is 0.337 e. The molecule has 3 N–H and O–H groups in total. The highest BCUT2D eigenvalue weighted by molar-refractivity contribution is 8.08. The first-order valence-corrected chi connectivity index (χ1v) is 7.28. The van der Waals surface area contributed by atoms with Crippen molar-refractivity contribution in [3.63, 3.8) is 0 Å². The standard InChI is InChI=1S/C9H13N4O3PS/c1-3-5-13(6-4-2)17(15,18)16-12-8(7-10)9(11)14/h3-4H,1-2,5-6H2,(H2,11,14)(H,15,18). The average Bonchev–Trinajstić information content (AvgIpc) is 2.29. The first kappa shape index (κ1) is 16.5. The van der Waals surface area contributed by atoms with Crippen molar-refractivity contribution in [2.24, 2.45) is 10.9 Å². The Morgan fingerprint density at radius 1 is 1.61 bits per heavy atom. The lowest BCUT2D eigenvalue weighted by atomic mass is 10.4. The number of carbonyl (C=O) groups excluding carboxylic acids is 1. The summed E-state index contributed by atoms with van der Waals surface area (Å²) in [5.74, 6) is -1.06. The summed E-state index contributed by atoms with van der Waals surface area (Å²) in [6, 6.07) is 1.43. The molecule has 0 aromatic carbocycles. The fourth-order valence-corrected chi connectivity index (χ4v) is 2.28. The molecule has 18 heavy (non-hydrogen) atoms. The number of primary amides is 1. The van der Waals surface area contributed by atoms with Crippen LogP contribution in [0.5, 0.6) is 0 Å². The Morgan fingerprint density at radius 2 is 2.11 bits per heavy atom. The third kappa shape index (κ3) is 5.21. The number of nitrogens with zero attached hydrogens (tertiary/aromatic N) is 3. The maximum absolute atomic E-state index is 10.7.